The second kappa shape index (κ2) is 11.3. The van der Waals surface area contributed by atoms with Crippen LogP contribution in [0.1, 0.15) is 60.3 Å². The van der Waals surface area contributed by atoms with Crippen LogP contribution in [0, 0.1) is 0 Å². The molecule has 4 rings (SSSR count). The molecule has 6 nitrogen and oxygen atoms in total. The molecule has 1 heterocycles. The first kappa shape index (κ1) is 26.6. The summed E-state index contributed by atoms with van der Waals surface area (Å²) in [5.74, 6) is 1.15. The minimum Gasteiger partial charge on any atom is -0.493 e. The molecule has 0 saturated heterocycles. The number of halogens is 1. The highest BCUT2D eigenvalue weighted by atomic mass is 35.5. The van der Waals surface area contributed by atoms with Crippen molar-refractivity contribution in [1.82, 2.24) is 4.90 Å². The first-order chi connectivity index (χ1) is 17.8. The number of carbonyl (C=O) groups excluding carboxylic acids is 2. The normalized spacial score (nSPS) is 15.7. The summed E-state index contributed by atoms with van der Waals surface area (Å²) in [6.07, 6.45) is 1.08. The van der Waals surface area contributed by atoms with Gasteiger partial charge in [0, 0.05) is 29.9 Å². The van der Waals surface area contributed by atoms with Crippen LogP contribution in [0.15, 0.2) is 60.7 Å². The van der Waals surface area contributed by atoms with Crippen LogP contribution in [0.4, 0.5) is 5.69 Å². The predicted octanol–water partition coefficient (Wildman–Crippen LogP) is 6.30. The first-order valence-electron chi connectivity index (χ1n) is 12.6. The molecule has 7 heteroatoms. The molecule has 0 aliphatic carbocycles. The molecule has 0 radical (unpaired) electrons. The van der Waals surface area contributed by atoms with Gasteiger partial charge in [-0.3, -0.25) is 9.59 Å². The van der Waals surface area contributed by atoms with Crippen molar-refractivity contribution in [2.75, 3.05) is 25.6 Å². The maximum Gasteiger partial charge on any atom is 0.253 e. The van der Waals surface area contributed by atoms with Gasteiger partial charge in [-0.15, -0.1) is 0 Å². The van der Waals surface area contributed by atoms with E-state index in [1.807, 2.05) is 62.4 Å². The van der Waals surface area contributed by atoms with Gasteiger partial charge in [0.1, 0.15) is 0 Å². The van der Waals surface area contributed by atoms with Crippen LogP contribution >= 0.6 is 11.6 Å². The van der Waals surface area contributed by atoms with Crippen molar-refractivity contribution in [1.29, 1.82) is 0 Å². The van der Waals surface area contributed by atoms with Gasteiger partial charge in [0.25, 0.3) is 5.91 Å². The number of hydrogen-bond donors (Lipinski definition) is 0. The fourth-order valence-electron chi connectivity index (χ4n) is 4.50. The van der Waals surface area contributed by atoms with Crippen molar-refractivity contribution in [2.45, 2.75) is 45.8 Å². The summed E-state index contributed by atoms with van der Waals surface area (Å²) in [6, 6.07) is 18.3. The van der Waals surface area contributed by atoms with Gasteiger partial charge >= 0.3 is 0 Å². The third-order valence-corrected chi connectivity index (χ3v) is 7.14. The van der Waals surface area contributed by atoms with Crippen molar-refractivity contribution in [3.8, 4) is 11.5 Å². The Balaban J connectivity index is 1.84. The lowest BCUT2D eigenvalue weighted by Crippen LogP contribution is -2.41. The summed E-state index contributed by atoms with van der Waals surface area (Å²) in [5.41, 5.74) is 4.07. The third-order valence-electron chi connectivity index (χ3n) is 6.89. The van der Waals surface area contributed by atoms with Crippen LogP contribution in [-0.2, 0) is 11.2 Å². The van der Waals surface area contributed by atoms with Crippen LogP contribution < -0.4 is 14.4 Å². The van der Waals surface area contributed by atoms with Gasteiger partial charge in [-0.2, -0.15) is 0 Å². The van der Waals surface area contributed by atoms with E-state index in [1.54, 1.807) is 36.1 Å². The molecule has 2 atom stereocenters. The van der Waals surface area contributed by atoms with Crippen molar-refractivity contribution < 1.29 is 19.1 Å². The number of ether oxygens (including phenoxy) is 2. The topological polar surface area (TPSA) is 59.1 Å². The number of benzene rings is 3. The summed E-state index contributed by atoms with van der Waals surface area (Å²) in [6.45, 7) is 6.63. The molecular weight excluding hydrogens is 488 g/mol. The molecule has 0 aromatic heterocycles. The van der Waals surface area contributed by atoms with Crippen LogP contribution in [0.5, 0.6) is 11.5 Å². The monoisotopic (exact) mass is 520 g/mol. The molecule has 2 amide bonds. The average Bonchev–Trinajstić information content (AvgIpc) is 2.92. The summed E-state index contributed by atoms with van der Waals surface area (Å²) in [7, 11) is 3.38. The zero-order chi connectivity index (χ0) is 26.7. The molecule has 1 aliphatic rings. The maximum atomic E-state index is 13.6. The van der Waals surface area contributed by atoms with Crippen LogP contribution in [-0.4, -0.2) is 43.5 Å². The fraction of sp³-hybridized carbons (Fsp3) is 0.333. The highest BCUT2D eigenvalue weighted by Gasteiger charge is 2.36. The van der Waals surface area contributed by atoms with Crippen molar-refractivity contribution in [3.63, 3.8) is 0 Å². The summed E-state index contributed by atoms with van der Waals surface area (Å²) in [4.78, 5) is 29.7. The number of rotatable bonds is 8. The van der Waals surface area contributed by atoms with E-state index >= 15 is 0 Å². The first-order valence-corrected chi connectivity index (χ1v) is 13.0. The van der Waals surface area contributed by atoms with E-state index in [2.05, 4.69) is 6.92 Å². The molecule has 0 fully saturated rings. The molecule has 37 heavy (non-hydrogen) atoms. The summed E-state index contributed by atoms with van der Waals surface area (Å²) >= 11 is 6.20. The molecule has 2 unspecified atom stereocenters. The number of carbonyl (C=O) groups is 2. The summed E-state index contributed by atoms with van der Waals surface area (Å²) < 4.78 is 11.8. The standard InChI is InChI=1S/C30H33ClN2O4/c1-6-19(3)37-27-18-25-22(16-26(27)36-5)17-28(34)33(29(25)20-8-12-23(31)13-9-20)24-14-10-21(11-15-24)30(35)32(4)7-2/h8-16,18-19,29H,6-7,17H2,1-5H3. The van der Waals surface area contributed by atoms with Crippen LogP contribution in [0.2, 0.25) is 5.02 Å². The largest absolute Gasteiger partial charge is 0.493 e. The van der Waals surface area contributed by atoms with Gasteiger partial charge in [0.05, 0.1) is 25.7 Å². The Labute approximate surface area is 223 Å². The van der Waals surface area contributed by atoms with Gasteiger partial charge in [-0.05, 0) is 85.5 Å². The molecule has 0 spiro atoms. The second-order valence-electron chi connectivity index (χ2n) is 9.30. The molecule has 194 valence electrons. The lowest BCUT2D eigenvalue weighted by Gasteiger charge is -2.38. The maximum absolute atomic E-state index is 13.6. The SMILES string of the molecule is CCC(C)Oc1cc2c(cc1OC)CC(=O)N(c1ccc(C(=O)N(C)CC)cc1)C2c1ccc(Cl)cc1. The van der Waals surface area contributed by atoms with Gasteiger partial charge in [0.15, 0.2) is 11.5 Å². The average molecular weight is 521 g/mol. The number of nitrogens with zero attached hydrogens (tertiary/aromatic N) is 2. The van der Waals surface area contributed by atoms with E-state index in [1.165, 1.54) is 0 Å². The Kier molecular flexibility index (Phi) is 8.08. The zero-order valence-electron chi connectivity index (χ0n) is 22.0. The van der Waals surface area contributed by atoms with Crippen molar-refractivity contribution >= 4 is 29.1 Å². The van der Waals surface area contributed by atoms with E-state index < -0.39 is 6.04 Å². The third kappa shape index (κ3) is 5.44. The van der Waals surface area contributed by atoms with Gasteiger partial charge in [-0.25, -0.2) is 0 Å². The Morgan fingerprint density at radius 3 is 2.35 bits per heavy atom. The van der Waals surface area contributed by atoms with E-state index in [0.717, 1.165) is 23.1 Å². The van der Waals surface area contributed by atoms with Crippen molar-refractivity contribution in [2.24, 2.45) is 0 Å². The van der Waals surface area contributed by atoms with Crippen LogP contribution in [0.25, 0.3) is 0 Å². The summed E-state index contributed by atoms with van der Waals surface area (Å²) in [5, 5.41) is 0.621. The Morgan fingerprint density at radius 2 is 1.76 bits per heavy atom. The molecule has 1 aliphatic heterocycles. The number of fused-ring (bicyclic) bond motifs is 1. The molecule has 3 aromatic rings. The number of methoxy groups -OCH3 is 1. The Morgan fingerprint density at radius 1 is 1.08 bits per heavy atom. The number of amides is 2. The zero-order valence-corrected chi connectivity index (χ0v) is 22.7. The fourth-order valence-corrected chi connectivity index (χ4v) is 4.63. The lowest BCUT2D eigenvalue weighted by molar-refractivity contribution is -0.118. The Hall–Kier alpha value is -3.51. The molecule has 0 N–H and O–H groups in total. The Bertz CT molecular complexity index is 1270. The minimum atomic E-state index is -0.404. The van der Waals surface area contributed by atoms with E-state index in [9.17, 15) is 9.59 Å². The van der Waals surface area contributed by atoms with Crippen LogP contribution in [0.3, 0.4) is 0 Å². The van der Waals surface area contributed by atoms with E-state index in [0.29, 0.717) is 34.3 Å². The highest BCUT2D eigenvalue weighted by molar-refractivity contribution is 6.30. The second-order valence-corrected chi connectivity index (χ2v) is 9.74. The molecular formula is C30H33ClN2O4. The highest BCUT2D eigenvalue weighted by Crippen LogP contribution is 2.43. The quantitative estimate of drug-likeness (QED) is 0.350. The number of anilines is 1. The predicted molar refractivity (Wildman–Crippen MR) is 147 cm³/mol. The van der Waals surface area contributed by atoms with E-state index in [-0.39, 0.29) is 24.3 Å². The van der Waals surface area contributed by atoms with Crippen molar-refractivity contribution in [3.05, 3.63) is 87.9 Å². The molecule has 0 saturated carbocycles. The van der Waals surface area contributed by atoms with Gasteiger partial charge in [-0.1, -0.05) is 30.7 Å². The molecule has 0 bridgehead atoms. The van der Waals surface area contributed by atoms with Gasteiger partial charge in [0.2, 0.25) is 5.91 Å². The van der Waals surface area contributed by atoms with Gasteiger partial charge < -0.3 is 19.3 Å². The smallest absolute Gasteiger partial charge is 0.253 e. The lowest BCUT2D eigenvalue weighted by atomic mass is 9.86. The number of hydrogen-bond acceptors (Lipinski definition) is 4. The van der Waals surface area contributed by atoms with E-state index in [4.69, 9.17) is 21.1 Å². The molecule has 3 aromatic carbocycles. The minimum absolute atomic E-state index is 0.00795.